The Bertz CT molecular complexity index is 522. The minimum absolute atomic E-state index is 0.188. The highest BCUT2D eigenvalue weighted by Gasteiger charge is 1.94. The number of rotatable bonds is 15. The van der Waals surface area contributed by atoms with Crippen molar-refractivity contribution in [2.24, 2.45) is 0 Å². The van der Waals surface area contributed by atoms with Crippen LogP contribution in [0.3, 0.4) is 0 Å². The summed E-state index contributed by atoms with van der Waals surface area (Å²) < 4.78 is 0. The van der Waals surface area contributed by atoms with E-state index < -0.39 is 5.97 Å². The molecule has 0 aliphatic carbocycles. The highest BCUT2D eigenvalue weighted by molar-refractivity contribution is 5.66. The van der Waals surface area contributed by atoms with Crippen LogP contribution in [0.1, 0.15) is 58.3 Å². The Morgan fingerprint density at radius 3 is 1.92 bits per heavy atom. The SMILES string of the molecule is CC/C=C\CC/C(=C/C=C\C/C=C\C/C=C\C/C=C\CCC(=O)O)OO. The Morgan fingerprint density at radius 1 is 0.808 bits per heavy atom. The minimum atomic E-state index is -0.760. The summed E-state index contributed by atoms with van der Waals surface area (Å²) in [5.74, 6) is -0.200. The third-order valence-electron chi connectivity index (χ3n) is 3.34. The average Bonchev–Trinajstić information content (AvgIpc) is 2.63. The highest BCUT2D eigenvalue weighted by Crippen LogP contribution is 2.07. The maximum absolute atomic E-state index is 10.3. The molecule has 0 aromatic rings. The van der Waals surface area contributed by atoms with Crippen LogP contribution in [0.4, 0.5) is 0 Å². The number of hydrogen-bond donors (Lipinski definition) is 2. The number of hydrogen-bond acceptors (Lipinski definition) is 3. The van der Waals surface area contributed by atoms with Gasteiger partial charge in [-0.1, -0.05) is 67.7 Å². The standard InChI is InChI=1S/C22H32O4/c1-2-3-4-15-18-21(26-25)19-16-13-11-9-7-5-6-8-10-12-14-17-20-22(23)24/h3-4,6-9,12-14,16,19,25H,2,5,10-11,15,17-18,20H2,1H3,(H,23,24)/b4-3-,8-6-,9-7-,14-12-,16-13-,21-19-. The van der Waals surface area contributed by atoms with Gasteiger partial charge in [-0.05, 0) is 44.6 Å². The van der Waals surface area contributed by atoms with Crippen molar-refractivity contribution in [2.45, 2.75) is 58.3 Å². The fourth-order valence-corrected chi connectivity index (χ4v) is 1.96. The summed E-state index contributed by atoms with van der Waals surface area (Å²) in [6.07, 6.45) is 27.9. The predicted octanol–water partition coefficient (Wildman–Crippen LogP) is 6.37. The molecule has 0 heterocycles. The average molecular weight is 360 g/mol. The normalized spacial score (nSPS) is 13.2. The molecule has 2 N–H and O–H groups in total. The molecule has 4 heteroatoms. The summed E-state index contributed by atoms with van der Waals surface area (Å²) in [6, 6.07) is 0. The van der Waals surface area contributed by atoms with Crippen LogP contribution in [-0.2, 0) is 9.68 Å². The molecule has 0 spiro atoms. The van der Waals surface area contributed by atoms with Crippen LogP contribution in [0.25, 0.3) is 0 Å². The van der Waals surface area contributed by atoms with Gasteiger partial charge in [0.05, 0.1) is 0 Å². The molecule has 0 saturated heterocycles. The summed E-state index contributed by atoms with van der Waals surface area (Å²) in [7, 11) is 0. The second kappa shape index (κ2) is 19.0. The van der Waals surface area contributed by atoms with Crippen molar-refractivity contribution < 1.29 is 20.0 Å². The molecule has 0 unspecified atom stereocenters. The van der Waals surface area contributed by atoms with Crippen molar-refractivity contribution in [3.8, 4) is 0 Å². The first-order valence-electron chi connectivity index (χ1n) is 9.19. The quantitative estimate of drug-likeness (QED) is 0.117. The third-order valence-corrected chi connectivity index (χ3v) is 3.34. The third kappa shape index (κ3) is 18.0. The minimum Gasteiger partial charge on any atom is -0.481 e. The Hall–Kier alpha value is -2.33. The van der Waals surface area contributed by atoms with Gasteiger partial charge in [0.15, 0.2) is 0 Å². The van der Waals surface area contributed by atoms with E-state index in [1.807, 2.05) is 24.3 Å². The van der Waals surface area contributed by atoms with Gasteiger partial charge < -0.3 is 9.99 Å². The maximum atomic E-state index is 10.3. The molecule has 0 radical (unpaired) electrons. The van der Waals surface area contributed by atoms with Crippen molar-refractivity contribution >= 4 is 5.97 Å². The molecule has 0 bridgehead atoms. The molecule has 144 valence electrons. The molecule has 0 aromatic heterocycles. The zero-order valence-corrected chi connectivity index (χ0v) is 15.7. The van der Waals surface area contributed by atoms with E-state index in [1.165, 1.54) is 0 Å². The van der Waals surface area contributed by atoms with Crippen LogP contribution >= 0.6 is 0 Å². The van der Waals surface area contributed by atoms with Gasteiger partial charge in [0.2, 0.25) is 0 Å². The van der Waals surface area contributed by atoms with Crippen molar-refractivity contribution in [1.82, 2.24) is 0 Å². The van der Waals surface area contributed by atoms with E-state index in [2.05, 4.69) is 48.3 Å². The fraction of sp³-hybridized carbons (Fsp3) is 0.409. The molecule has 0 saturated carbocycles. The van der Waals surface area contributed by atoms with E-state index >= 15 is 0 Å². The van der Waals surface area contributed by atoms with Crippen LogP contribution in [0.15, 0.2) is 72.6 Å². The van der Waals surface area contributed by atoms with Crippen molar-refractivity contribution in [2.75, 3.05) is 0 Å². The first-order valence-corrected chi connectivity index (χ1v) is 9.19. The highest BCUT2D eigenvalue weighted by atomic mass is 17.1. The van der Waals surface area contributed by atoms with E-state index in [-0.39, 0.29) is 6.42 Å². The van der Waals surface area contributed by atoms with E-state index in [4.69, 9.17) is 10.4 Å². The lowest BCUT2D eigenvalue weighted by Crippen LogP contribution is -1.91. The van der Waals surface area contributed by atoms with Gasteiger partial charge in [0.25, 0.3) is 0 Å². The summed E-state index contributed by atoms with van der Waals surface area (Å²) in [5, 5.41) is 17.3. The summed E-state index contributed by atoms with van der Waals surface area (Å²) >= 11 is 0. The van der Waals surface area contributed by atoms with E-state index in [1.54, 1.807) is 6.08 Å². The number of carbonyl (C=O) groups is 1. The van der Waals surface area contributed by atoms with Crippen LogP contribution in [-0.4, -0.2) is 16.3 Å². The smallest absolute Gasteiger partial charge is 0.303 e. The Labute approximate surface area is 157 Å². The maximum Gasteiger partial charge on any atom is 0.303 e. The molecule has 0 aliphatic rings. The fourth-order valence-electron chi connectivity index (χ4n) is 1.96. The zero-order chi connectivity index (χ0) is 19.3. The topological polar surface area (TPSA) is 66.8 Å². The van der Waals surface area contributed by atoms with Gasteiger partial charge >= 0.3 is 5.97 Å². The number of allylic oxidation sites excluding steroid dienone is 12. The van der Waals surface area contributed by atoms with Crippen LogP contribution in [0, 0.1) is 0 Å². The Balaban J connectivity index is 3.82. The lowest BCUT2D eigenvalue weighted by atomic mass is 10.2. The zero-order valence-electron chi connectivity index (χ0n) is 15.7. The van der Waals surface area contributed by atoms with Crippen LogP contribution in [0.2, 0.25) is 0 Å². The van der Waals surface area contributed by atoms with Gasteiger partial charge in [-0.3, -0.25) is 4.79 Å². The van der Waals surface area contributed by atoms with Gasteiger partial charge in [-0.2, -0.15) is 0 Å². The summed E-state index contributed by atoms with van der Waals surface area (Å²) in [6.45, 7) is 2.09. The number of carboxylic acid groups (broad SMARTS) is 1. The van der Waals surface area contributed by atoms with Crippen molar-refractivity contribution in [1.29, 1.82) is 0 Å². The number of aliphatic carboxylic acids is 1. The molecule has 0 amide bonds. The van der Waals surface area contributed by atoms with Crippen LogP contribution in [0.5, 0.6) is 0 Å². The first-order chi connectivity index (χ1) is 12.7. The van der Waals surface area contributed by atoms with Crippen molar-refractivity contribution in [3.05, 3.63) is 72.6 Å². The van der Waals surface area contributed by atoms with Crippen molar-refractivity contribution in [3.63, 3.8) is 0 Å². The molecule has 0 atom stereocenters. The molecule has 0 fully saturated rings. The van der Waals surface area contributed by atoms with Crippen LogP contribution < -0.4 is 0 Å². The molecular weight excluding hydrogens is 328 g/mol. The molecular formula is C22H32O4. The molecule has 0 aromatic carbocycles. The van der Waals surface area contributed by atoms with Gasteiger partial charge in [0, 0.05) is 12.8 Å². The van der Waals surface area contributed by atoms with Gasteiger partial charge in [-0.25, -0.2) is 5.26 Å². The lowest BCUT2D eigenvalue weighted by Gasteiger charge is -1.99. The number of carboxylic acids is 1. The molecule has 0 rings (SSSR count). The van der Waals surface area contributed by atoms with E-state index in [0.29, 0.717) is 18.6 Å². The second-order valence-electron chi connectivity index (χ2n) is 5.62. The molecule has 26 heavy (non-hydrogen) atoms. The van der Waals surface area contributed by atoms with Gasteiger partial charge in [-0.15, -0.1) is 0 Å². The molecule has 4 nitrogen and oxygen atoms in total. The van der Waals surface area contributed by atoms with Gasteiger partial charge in [0.1, 0.15) is 5.76 Å². The summed E-state index contributed by atoms with van der Waals surface area (Å²) in [5.41, 5.74) is 0. The molecule has 0 aliphatic heterocycles. The van der Waals surface area contributed by atoms with E-state index in [9.17, 15) is 4.79 Å². The summed E-state index contributed by atoms with van der Waals surface area (Å²) in [4.78, 5) is 14.7. The first kappa shape index (κ1) is 23.7. The Kier molecular flexibility index (Phi) is 17.3. The lowest BCUT2D eigenvalue weighted by molar-refractivity contribution is -0.205. The Morgan fingerprint density at radius 2 is 1.35 bits per heavy atom. The monoisotopic (exact) mass is 360 g/mol. The van der Waals surface area contributed by atoms with E-state index in [0.717, 1.165) is 32.1 Å². The predicted molar refractivity (Wildman–Crippen MR) is 108 cm³/mol. The second-order valence-corrected chi connectivity index (χ2v) is 5.62. The largest absolute Gasteiger partial charge is 0.481 e.